The summed E-state index contributed by atoms with van der Waals surface area (Å²) < 4.78 is 0. The van der Waals surface area contributed by atoms with Crippen molar-refractivity contribution in [1.29, 1.82) is 0 Å². The van der Waals surface area contributed by atoms with Gasteiger partial charge in [-0.05, 0) is 30.0 Å². The molecule has 2 aromatic rings. The number of anilines is 1. The largest absolute Gasteiger partial charge is 0.394 e. The van der Waals surface area contributed by atoms with E-state index in [2.05, 4.69) is 5.32 Å². The number of fused-ring (bicyclic) bond motifs is 1. The molecule has 2 amide bonds. The van der Waals surface area contributed by atoms with E-state index in [4.69, 9.17) is 0 Å². The molecule has 0 aromatic heterocycles. The minimum Gasteiger partial charge on any atom is -0.394 e. The second kappa shape index (κ2) is 8.54. The first-order valence-electron chi connectivity index (χ1n) is 9.44. The first kappa shape index (κ1) is 20.0. The highest BCUT2D eigenvalue weighted by Crippen LogP contribution is 2.46. The highest BCUT2D eigenvalue weighted by atomic mass is 16.3. The third-order valence-electron chi connectivity index (χ3n) is 5.43. The maximum Gasteiger partial charge on any atom is 0.237 e. The normalized spacial score (nSPS) is 18.4. The Morgan fingerprint density at radius 2 is 1.71 bits per heavy atom. The molecule has 0 aliphatic carbocycles. The van der Waals surface area contributed by atoms with Crippen LogP contribution < -0.4 is 10.2 Å². The Morgan fingerprint density at radius 3 is 2.39 bits per heavy atom. The van der Waals surface area contributed by atoms with E-state index < -0.39 is 11.5 Å². The smallest absolute Gasteiger partial charge is 0.237 e. The van der Waals surface area contributed by atoms with Crippen LogP contribution in [0.5, 0.6) is 0 Å². The number of benzene rings is 2. The molecule has 1 atom stereocenters. The van der Waals surface area contributed by atoms with E-state index in [1.54, 1.807) is 11.9 Å². The Morgan fingerprint density at radius 1 is 1.07 bits per heavy atom. The van der Waals surface area contributed by atoms with Crippen LogP contribution in [0.4, 0.5) is 5.69 Å². The van der Waals surface area contributed by atoms with E-state index in [9.17, 15) is 19.8 Å². The van der Waals surface area contributed by atoms with E-state index >= 15 is 0 Å². The standard InChI is InChI=1S/C22H26N2O4/c1-24-19-10-6-5-9-18(19)22(21(24)28,13-16-7-3-2-4-8-16)12-11-20(27)23-17(14-25)15-26/h2-10,17,25-26H,11-15H2,1H3,(H,23,27)/t22-/m1/s1. The van der Waals surface area contributed by atoms with Gasteiger partial charge in [0.2, 0.25) is 11.8 Å². The monoisotopic (exact) mass is 382 g/mol. The lowest BCUT2D eigenvalue weighted by Gasteiger charge is -2.29. The molecule has 0 radical (unpaired) electrons. The second-order valence-electron chi connectivity index (χ2n) is 7.26. The number of carbonyl (C=O) groups is 2. The van der Waals surface area contributed by atoms with Gasteiger partial charge in [-0.2, -0.15) is 0 Å². The Hall–Kier alpha value is -2.70. The molecule has 3 rings (SSSR count). The van der Waals surface area contributed by atoms with Gasteiger partial charge in [0.05, 0.1) is 24.7 Å². The Bertz CT molecular complexity index is 835. The van der Waals surface area contributed by atoms with E-state index in [1.807, 2.05) is 54.6 Å². The number of para-hydroxylation sites is 1. The van der Waals surface area contributed by atoms with Crippen LogP contribution >= 0.6 is 0 Å². The first-order chi connectivity index (χ1) is 13.5. The van der Waals surface area contributed by atoms with Crippen LogP contribution in [-0.2, 0) is 21.4 Å². The molecule has 28 heavy (non-hydrogen) atoms. The molecule has 1 aliphatic rings. The van der Waals surface area contributed by atoms with E-state index in [0.717, 1.165) is 16.8 Å². The fraction of sp³-hybridized carbons (Fsp3) is 0.364. The molecule has 1 heterocycles. The Balaban J connectivity index is 1.91. The molecule has 3 N–H and O–H groups in total. The van der Waals surface area contributed by atoms with Crippen LogP contribution in [0.3, 0.4) is 0 Å². The molecule has 148 valence electrons. The molecule has 2 aromatic carbocycles. The number of aliphatic hydroxyl groups excluding tert-OH is 2. The van der Waals surface area contributed by atoms with Crippen LogP contribution in [0.1, 0.15) is 24.0 Å². The van der Waals surface area contributed by atoms with Crippen molar-refractivity contribution < 1.29 is 19.8 Å². The zero-order chi connectivity index (χ0) is 20.1. The molecule has 0 fully saturated rings. The summed E-state index contributed by atoms with van der Waals surface area (Å²) >= 11 is 0. The number of aliphatic hydroxyl groups is 2. The van der Waals surface area contributed by atoms with Gasteiger partial charge in [-0.25, -0.2) is 0 Å². The third kappa shape index (κ3) is 3.79. The molecule has 0 unspecified atom stereocenters. The number of likely N-dealkylation sites (N-methyl/N-ethyl adjacent to an activating group) is 1. The number of carbonyl (C=O) groups excluding carboxylic acids is 2. The average molecular weight is 382 g/mol. The van der Waals surface area contributed by atoms with E-state index in [-0.39, 0.29) is 31.4 Å². The average Bonchev–Trinajstić information content (AvgIpc) is 2.94. The zero-order valence-electron chi connectivity index (χ0n) is 16.0. The molecule has 0 saturated heterocycles. The number of amides is 2. The molecule has 1 aliphatic heterocycles. The summed E-state index contributed by atoms with van der Waals surface area (Å²) in [7, 11) is 1.77. The van der Waals surface area contributed by atoms with Gasteiger partial charge < -0.3 is 20.4 Å². The summed E-state index contributed by atoms with van der Waals surface area (Å²) in [4.78, 5) is 27.4. The van der Waals surface area contributed by atoms with Crippen molar-refractivity contribution in [2.45, 2.75) is 30.7 Å². The summed E-state index contributed by atoms with van der Waals surface area (Å²) in [5, 5.41) is 21.0. The fourth-order valence-corrected chi connectivity index (χ4v) is 3.94. The van der Waals surface area contributed by atoms with Crippen molar-refractivity contribution in [1.82, 2.24) is 5.32 Å². The van der Waals surface area contributed by atoms with Crippen molar-refractivity contribution in [3.8, 4) is 0 Å². The number of rotatable bonds is 8. The first-order valence-corrected chi connectivity index (χ1v) is 9.44. The van der Waals surface area contributed by atoms with Crippen LogP contribution in [0.25, 0.3) is 0 Å². The predicted octanol–water partition coefficient (Wildman–Crippen LogP) is 1.39. The number of nitrogens with one attached hydrogen (secondary N) is 1. The lowest BCUT2D eigenvalue weighted by molar-refractivity contribution is -0.125. The lowest BCUT2D eigenvalue weighted by Crippen LogP contribution is -2.43. The SMILES string of the molecule is CN1C(=O)[C@](CCC(=O)NC(CO)CO)(Cc2ccccc2)c2ccccc21. The Kier molecular flexibility index (Phi) is 6.11. The topological polar surface area (TPSA) is 89.9 Å². The van der Waals surface area contributed by atoms with Crippen LogP contribution in [0.2, 0.25) is 0 Å². The van der Waals surface area contributed by atoms with E-state index in [0.29, 0.717) is 12.8 Å². The van der Waals surface area contributed by atoms with Crippen molar-refractivity contribution in [3.05, 3.63) is 65.7 Å². The van der Waals surface area contributed by atoms with Gasteiger partial charge in [0.25, 0.3) is 0 Å². The molecule has 6 nitrogen and oxygen atoms in total. The highest BCUT2D eigenvalue weighted by molar-refractivity contribution is 6.08. The quantitative estimate of drug-likeness (QED) is 0.644. The van der Waals surface area contributed by atoms with Crippen molar-refractivity contribution in [3.63, 3.8) is 0 Å². The van der Waals surface area contributed by atoms with Crippen molar-refractivity contribution in [2.75, 3.05) is 25.2 Å². The van der Waals surface area contributed by atoms with Gasteiger partial charge in [-0.15, -0.1) is 0 Å². The van der Waals surface area contributed by atoms with Crippen LogP contribution in [0.15, 0.2) is 54.6 Å². The lowest BCUT2D eigenvalue weighted by atomic mass is 9.73. The maximum absolute atomic E-state index is 13.3. The van der Waals surface area contributed by atoms with Gasteiger partial charge in [-0.1, -0.05) is 48.5 Å². The van der Waals surface area contributed by atoms with Crippen molar-refractivity contribution >= 4 is 17.5 Å². The summed E-state index contributed by atoms with van der Waals surface area (Å²) in [6, 6.07) is 16.8. The number of hydrogen-bond donors (Lipinski definition) is 3. The summed E-state index contributed by atoms with van der Waals surface area (Å²) in [5.41, 5.74) is 2.01. The number of nitrogens with zero attached hydrogens (tertiary/aromatic N) is 1. The molecule has 6 heteroatoms. The van der Waals surface area contributed by atoms with Gasteiger partial charge in [-0.3, -0.25) is 9.59 Å². The summed E-state index contributed by atoms with van der Waals surface area (Å²) in [5.74, 6) is -0.313. The molecule has 0 spiro atoms. The zero-order valence-corrected chi connectivity index (χ0v) is 16.0. The molecular weight excluding hydrogens is 356 g/mol. The Labute approximate surface area is 164 Å². The van der Waals surface area contributed by atoms with E-state index in [1.165, 1.54) is 0 Å². The summed E-state index contributed by atoms with van der Waals surface area (Å²) in [6.07, 6.45) is 0.972. The molecule has 0 bridgehead atoms. The highest BCUT2D eigenvalue weighted by Gasteiger charge is 2.49. The third-order valence-corrected chi connectivity index (χ3v) is 5.43. The number of hydrogen-bond acceptors (Lipinski definition) is 4. The van der Waals surface area contributed by atoms with Crippen LogP contribution in [0, 0.1) is 0 Å². The van der Waals surface area contributed by atoms with Crippen molar-refractivity contribution in [2.24, 2.45) is 0 Å². The fourth-order valence-electron chi connectivity index (χ4n) is 3.94. The maximum atomic E-state index is 13.3. The van der Waals surface area contributed by atoms with Crippen LogP contribution in [-0.4, -0.2) is 48.3 Å². The minimum absolute atomic E-state index is 0.0220. The van der Waals surface area contributed by atoms with Gasteiger partial charge in [0.1, 0.15) is 0 Å². The summed E-state index contributed by atoms with van der Waals surface area (Å²) in [6.45, 7) is -0.663. The molecular formula is C22H26N2O4. The second-order valence-corrected chi connectivity index (χ2v) is 7.26. The van der Waals surface area contributed by atoms with Gasteiger partial charge >= 0.3 is 0 Å². The minimum atomic E-state index is -0.821. The van der Waals surface area contributed by atoms with Gasteiger partial charge in [0.15, 0.2) is 0 Å². The predicted molar refractivity (Wildman–Crippen MR) is 107 cm³/mol. The van der Waals surface area contributed by atoms with Gasteiger partial charge in [0, 0.05) is 19.2 Å². The molecule has 0 saturated carbocycles.